The Morgan fingerprint density at radius 2 is 1.85 bits per heavy atom. The molecule has 5 aliphatic carbocycles. The lowest BCUT2D eigenvalue weighted by atomic mass is 9.44. The summed E-state index contributed by atoms with van der Waals surface area (Å²) in [4.78, 5) is 11.4. The van der Waals surface area contributed by atoms with Gasteiger partial charge >= 0.3 is 5.97 Å². The first-order valence-corrected chi connectivity index (χ1v) is 12.7. The van der Waals surface area contributed by atoms with Gasteiger partial charge < -0.3 is 4.74 Å². The molecule has 0 saturated heterocycles. The van der Waals surface area contributed by atoms with Gasteiger partial charge in [-0.15, -0.1) is 0 Å². The topological polar surface area (TPSA) is 26.3 Å². The molecule has 1 spiro atoms. The summed E-state index contributed by atoms with van der Waals surface area (Å²) < 4.78 is 6.48. The lowest BCUT2D eigenvalue weighted by Crippen LogP contribution is -2.55. The quantitative estimate of drug-likeness (QED) is 0.189. The Morgan fingerprint density at radius 3 is 2.67 bits per heavy atom. The molecule has 3 heteroatoms. The summed E-state index contributed by atoms with van der Waals surface area (Å²) in [5, 5.41) is 0. The van der Waals surface area contributed by atoms with Gasteiger partial charge in [-0.05, 0) is 105 Å². The molecule has 0 unspecified atom stereocenters. The number of rotatable bonds is 1. The first kappa shape index (κ1) is 18.9. The van der Waals surface area contributed by atoms with Crippen LogP contribution in [0.2, 0.25) is 0 Å². The molecule has 0 bridgehead atoms. The Bertz CT molecular complexity index is 644. The third kappa shape index (κ3) is 2.79. The number of carbonyl (C=O) groups excluding carboxylic acids is 1. The average Bonchev–Trinajstić information content (AvgIpc) is 3.03. The number of alkyl halides is 1. The molecular weight excluding hydrogens is 447 g/mol. The molecule has 0 aliphatic heterocycles. The third-order valence-corrected chi connectivity index (χ3v) is 11.2. The molecule has 4 saturated carbocycles. The van der Waals surface area contributed by atoms with Gasteiger partial charge in [0.1, 0.15) is 6.10 Å². The van der Waals surface area contributed by atoms with Crippen molar-refractivity contribution in [3.63, 3.8) is 0 Å². The van der Waals surface area contributed by atoms with Gasteiger partial charge in [-0.3, -0.25) is 4.79 Å². The molecule has 4 fully saturated rings. The second kappa shape index (κ2) is 6.74. The number of ether oxygens (including phenoxy) is 1. The number of esters is 1. The zero-order valence-corrected chi connectivity index (χ0v) is 19.1. The molecule has 27 heavy (non-hydrogen) atoms. The first-order chi connectivity index (χ1) is 12.9. The predicted molar refractivity (Wildman–Crippen MR) is 117 cm³/mol. The van der Waals surface area contributed by atoms with Crippen LogP contribution in [0.25, 0.3) is 0 Å². The van der Waals surface area contributed by atoms with E-state index in [0.29, 0.717) is 10.8 Å². The van der Waals surface area contributed by atoms with E-state index in [0.717, 1.165) is 46.4 Å². The summed E-state index contributed by atoms with van der Waals surface area (Å²) in [6, 6.07) is 0. The Labute approximate surface area is 178 Å². The van der Waals surface area contributed by atoms with E-state index in [1.807, 2.05) is 0 Å². The highest BCUT2D eigenvalue weighted by molar-refractivity contribution is 14.1. The second-order valence-electron chi connectivity index (χ2n) is 10.7. The normalized spacial score (nSPS) is 53.7. The molecule has 0 N–H and O–H groups in total. The average molecular weight is 482 g/mol. The van der Waals surface area contributed by atoms with Crippen molar-refractivity contribution in [2.45, 2.75) is 88.1 Å². The van der Waals surface area contributed by atoms with E-state index in [4.69, 9.17) is 4.74 Å². The summed E-state index contributed by atoms with van der Waals surface area (Å²) in [5.41, 5.74) is 1.03. The van der Waals surface area contributed by atoms with Crippen LogP contribution in [-0.2, 0) is 9.53 Å². The second-order valence-corrected chi connectivity index (χ2v) is 12.3. The number of hydrogen-bond donors (Lipinski definition) is 0. The van der Waals surface area contributed by atoms with Gasteiger partial charge in [0.25, 0.3) is 0 Å². The van der Waals surface area contributed by atoms with E-state index in [-0.39, 0.29) is 12.1 Å². The Hall–Kier alpha value is -0.0600. The maximum atomic E-state index is 11.4. The molecule has 0 aromatic heterocycles. The number of hydrogen-bond acceptors (Lipinski definition) is 2. The van der Waals surface area contributed by atoms with Gasteiger partial charge in [0.2, 0.25) is 0 Å². The summed E-state index contributed by atoms with van der Waals surface area (Å²) in [7, 11) is 0. The van der Waals surface area contributed by atoms with Gasteiger partial charge in [0.05, 0.1) is 0 Å². The molecule has 0 radical (unpaired) electrons. The van der Waals surface area contributed by atoms with E-state index in [2.05, 4.69) is 41.7 Å². The smallest absolute Gasteiger partial charge is 0.302 e. The molecule has 2 nitrogen and oxygen atoms in total. The highest BCUT2D eigenvalue weighted by atomic mass is 127. The van der Waals surface area contributed by atoms with Crippen LogP contribution in [0.5, 0.6) is 0 Å². The van der Waals surface area contributed by atoms with Crippen molar-refractivity contribution in [1.82, 2.24) is 0 Å². The Kier molecular flexibility index (Phi) is 4.72. The van der Waals surface area contributed by atoms with Crippen LogP contribution in [0.4, 0.5) is 0 Å². The molecule has 9 atom stereocenters. The summed E-state index contributed by atoms with van der Waals surface area (Å²) in [5.74, 6) is 4.42. The largest absolute Gasteiger partial charge is 0.463 e. The minimum Gasteiger partial charge on any atom is -0.463 e. The molecule has 0 aromatic rings. The lowest BCUT2D eigenvalue weighted by molar-refractivity contribution is -0.159. The van der Waals surface area contributed by atoms with Crippen molar-refractivity contribution in [3.8, 4) is 0 Å². The van der Waals surface area contributed by atoms with E-state index in [1.54, 1.807) is 6.92 Å². The number of halogens is 1. The highest BCUT2D eigenvalue weighted by Gasteiger charge is 2.62. The van der Waals surface area contributed by atoms with Crippen molar-refractivity contribution in [1.29, 1.82) is 0 Å². The van der Waals surface area contributed by atoms with E-state index < -0.39 is 0 Å². The van der Waals surface area contributed by atoms with Crippen molar-refractivity contribution in [2.24, 2.45) is 40.4 Å². The zero-order chi connectivity index (χ0) is 18.8. The van der Waals surface area contributed by atoms with Gasteiger partial charge in [-0.2, -0.15) is 0 Å². The molecule has 0 amide bonds. The fraction of sp³-hybridized carbons (Fsp3) is 0.875. The van der Waals surface area contributed by atoms with Crippen LogP contribution in [0.3, 0.4) is 0 Å². The monoisotopic (exact) mass is 482 g/mol. The van der Waals surface area contributed by atoms with E-state index in [1.165, 1.54) is 51.4 Å². The lowest BCUT2D eigenvalue weighted by Gasteiger charge is -2.61. The number of carbonyl (C=O) groups is 1. The van der Waals surface area contributed by atoms with Crippen LogP contribution in [0.15, 0.2) is 12.2 Å². The fourth-order valence-corrected chi connectivity index (χ4v) is 10.1. The third-order valence-electron chi connectivity index (χ3n) is 9.83. The standard InChI is InChI=1S/C24H35IO2/c1-15(26)27-17-9-12-23(2)16(14-17)5-6-18-19(23)10-13-24-11-3-4-22(25)21(24)8-7-20(18)24/h3,11,16-22H,4-10,12-14H2,1-2H3/t16-,17+,18+,19-,20-,21+,22-,23-,24-/m0/s1. The van der Waals surface area contributed by atoms with Crippen LogP contribution in [0, 0.1) is 40.4 Å². The molecular formula is C24H35IO2. The van der Waals surface area contributed by atoms with Crippen LogP contribution >= 0.6 is 22.6 Å². The zero-order valence-electron chi connectivity index (χ0n) is 17.0. The predicted octanol–water partition coefficient (Wildman–Crippen LogP) is 6.32. The molecule has 5 rings (SSSR count). The van der Waals surface area contributed by atoms with Crippen molar-refractivity contribution >= 4 is 28.6 Å². The van der Waals surface area contributed by atoms with E-state index in [9.17, 15) is 4.79 Å². The van der Waals surface area contributed by atoms with Crippen molar-refractivity contribution in [3.05, 3.63) is 12.2 Å². The Morgan fingerprint density at radius 1 is 1.04 bits per heavy atom. The SMILES string of the molecule is CC(=O)O[C@@H]1CC[C@@]2(C)[C@@H](CC[C@@H]3[C@@H]2CC[C@]24C=CC[C@H](I)[C@H]2CC[C@@H]34)C1. The van der Waals surface area contributed by atoms with Crippen molar-refractivity contribution in [2.75, 3.05) is 0 Å². The van der Waals surface area contributed by atoms with Crippen molar-refractivity contribution < 1.29 is 9.53 Å². The first-order valence-electron chi connectivity index (χ1n) is 11.4. The fourth-order valence-electron chi connectivity index (χ4n) is 8.76. The summed E-state index contributed by atoms with van der Waals surface area (Å²) in [6.45, 7) is 4.18. The number of fused-ring (bicyclic) bond motifs is 4. The molecule has 5 aliphatic rings. The van der Waals surface area contributed by atoms with Gasteiger partial charge in [0, 0.05) is 10.8 Å². The molecule has 0 heterocycles. The van der Waals surface area contributed by atoms with Gasteiger partial charge in [-0.1, -0.05) is 41.7 Å². The van der Waals surface area contributed by atoms with Crippen LogP contribution in [0.1, 0.15) is 78.1 Å². The minimum atomic E-state index is -0.0914. The Balaban J connectivity index is 1.39. The molecule has 150 valence electrons. The number of allylic oxidation sites excluding steroid dienone is 2. The molecule has 0 aromatic carbocycles. The van der Waals surface area contributed by atoms with Gasteiger partial charge in [0.15, 0.2) is 0 Å². The highest BCUT2D eigenvalue weighted by Crippen LogP contribution is 2.69. The van der Waals surface area contributed by atoms with E-state index >= 15 is 0 Å². The minimum absolute atomic E-state index is 0.0914. The summed E-state index contributed by atoms with van der Waals surface area (Å²) >= 11 is 2.76. The van der Waals surface area contributed by atoms with Gasteiger partial charge in [-0.25, -0.2) is 0 Å². The maximum absolute atomic E-state index is 11.4. The maximum Gasteiger partial charge on any atom is 0.302 e. The van der Waals surface area contributed by atoms with Crippen LogP contribution in [-0.4, -0.2) is 16.0 Å². The van der Waals surface area contributed by atoms with Crippen LogP contribution < -0.4 is 0 Å². The summed E-state index contributed by atoms with van der Waals surface area (Å²) in [6.07, 6.45) is 18.8.